The van der Waals surface area contributed by atoms with Crippen LogP contribution in [0.5, 0.6) is 0 Å². The van der Waals surface area contributed by atoms with Gasteiger partial charge in [-0.05, 0) is 316 Å². The summed E-state index contributed by atoms with van der Waals surface area (Å²) >= 11 is 0. The first-order valence-corrected chi connectivity index (χ1v) is 42.1. The number of anilines is 5. The summed E-state index contributed by atoms with van der Waals surface area (Å²) in [5, 5.41) is 2.74. The van der Waals surface area contributed by atoms with Gasteiger partial charge in [-0.25, -0.2) is 0 Å². The molecule has 0 saturated carbocycles. The van der Waals surface area contributed by atoms with E-state index in [9.17, 15) is 0 Å². The number of benzene rings is 15. The summed E-state index contributed by atoms with van der Waals surface area (Å²) in [5.41, 5.74) is 46.4. The zero-order chi connectivity index (χ0) is 77.9. The second-order valence-corrected chi connectivity index (χ2v) is 34.0. The monoisotopic (exact) mass is 1480 g/mol. The molecule has 0 atom stereocenters. The Balaban J connectivity index is 0.642. The van der Waals surface area contributed by atoms with Gasteiger partial charge in [0.1, 0.15) is 0 Å². The molecule has 0 spiro atoms. The van der Waals surface area contributed by atoms with Crippen molar-refractivity contribution in [3.8, 4) is 111 Å². The average Bonchev–Trinajstić information content (AvgIpc) is 1.60. The van der Waals surface area contributed by atoms with Gasteiger partial charge in [-0.15, -0.1) is 0 Å². The minimum atomic E-state index is -0.155. The van der Waals surface area contributed by atoms with Crippen molar-refractivity contribution in [2.45, 2.75) is 150 Å². The molecule has 0 saturated heterocycles. The van der Waals surface area contributed by atoms with E-state index in [2.05, 4.69) is 382 Å². The van der Waals surface area contributed by atoms with Gasteiger partial charge in [0, 0.05) is 46.3 Å². The molecular formula is C112H104N2. The second-order valence-electron chi connectivity index (χ2n) is 34.0. The summed E-state index contributed by atoms with van der Waals surface area (Å²) in [6.07, 6.45) is 14.2. The van der Waals surface area contributed by atoms with Crippen LogP contribution in [0.3, 0.4) is 0 Å². The second kappa shape index (κ2) is 30.6. The third-order valence-electron chi connectivity index (χ3n) is 26.0. The number of unbranched alkanes of at least 4 members (excludes halogenated alkanes) is 6. The molecule has 114 heavy (non-hydrogen) atoms. The van der Waals surface area contributed by atoms with Crippen LogP contribution in [0.15, 0.2) is 303 Å². The molecule has 3 aliphatic carbocycles. The van der Waals surface area contributed by atoms with E-state index in [0.29, 0.717) is 0 Å². The predicted octanol–water partition coefficient (Wildman–Crippen LogP) is 31.3. The van der Waals surface area contributed by atoms with E-state index < -0.39 is 0 Å². The summed E-state index contributed by atoms with van der Waals surface area (Å²) in [5.74, 6) is 0. The Labute approximate surface area is 677 Å². The molecular weight excluding hydrogens is 1370 g/mol. The lowest BCUT2D eigenvalue weighted by atomic mass is 9.81. The number of hydrogen-bond donors (Lipinski definition) is 0. The Morgan fingerprint density at radius 2 is 0.675 bits per heavy atom. The zero-order valence-corrected chi connectivity index (χ0v) is 68.2. The van der Waals surface area contributed by atoms with Crippen LogP contribution >= 0.6 is 0 Å². The van der Waals surface area contributed by atoms with Gasteiger partial charge in [0.15, 0.2) is 0 Å². The van der Waals surface area contributed by atoms with Crippen molar-refractivity contribution in [2.24, 2.45) is 0 Å². The molecule has 18 rings (SSSR count). The SMILES string of the molecule is CCCCCCc1cc(-c2ccc(-c3ccc(N(c4ccc(-c5cccc(-c6cc7c(c8ccccc68)CC7)c5)cc4)c4ccc(-c5ccc6c(c5)C(C)(C)c5cc(-c7ccc(C)cc7)ccc5-6)cc4)cc3C)cc2)c(CCCCCC)cc1-c1ccc(-c2ccc(N(C)c3ccc4c(c3)C(C)(C)c3ccccc3-4)cc2C)cc1. The van der Waals surface area contributed by atoms with E-state index in [0.717, 1.165) is 36.3 Å². The van der Waals surface area contributed by atoms with Crippen LogP contribution in [0.2, 0.25) is 0 Å². The minimum absolute atomic E-state index is 0.0453. The highest BCUT2D eigenvalue weighted by Crippen LogP contribution is 2.53. The van der Waals surface area contributed by atoms with Gasteiger partial charge in [0.05, 0.1) is 0 Å². The maximum atomic E-state index is 2.59. The van der Waals surface area contributed by atoms with Gasteiger partial charge in [0.25, 0.3) is 0 Å². The first kappa shape index (κ1) is 73.6. The molecule has 15 aromatic carbocycles. The molecule has 0 N–H and O–H groups in total. The van der Waals surface area contributed by atoms with Gasteiger partial charge in [-0.2, -0.15) is 0 Å². The number of hydrogen-bond acceptors (Lipinski definition) is 2. The summed E-state index contributed by atoms with van der Waals surface area (Å²) in [6.45, 7) is 20.9. The molecule has 0 aliphatic heterocycles. The van der Waals surface area contributed by atoms with E-state index in [1.54, 1.807) is 0 Å². The third kappa shape index (κ3) is 13.7. The van der Waals surface area contributed by atoms with E-state index in [1.165, 1.54) is 252 Å². The van der Waals surface area contributed by atoms with Crippen LogP contribution in [0.25, 0.3) is 122 Å². The molecule has 0 radical (unpaired) electrons. The van der Waals surface area contributed by atoms with Crippen molar-refractivity contribution in [3.63, 3.8) is 0 Å². The Hall–Kier alpha value is -11.8. The summed E-state index contributed by atoms with van der Waals surface area (Å²) in [4.78, 5) is 4.79. The third-order valence-corrected chi connectivity index (χ3v) is 26.0. The quantitative estimate of drug-likeness (QED) is 0.0589. The van der Waals surface area contributed by atoms with E-state index >= 15 is 0 Å². The van der Waals surface area contributed by atoms with Crippen LogP contribution < -0.4 is 9.80 Å². The molecule has 0 bridgehead atoms. The lowest BCUT2D eigenvalue weighted by molar-refractivity contribution is 0.660. The molecule has 0 amide bonds. The fraction of sp³-hybridized carbons (Fsp3) is 0.214. The molecule has 0 aromatic heterocycles. The molecule has 15 aromatic rings. The Bertz CT molecular complexity index is 6140. The minimum Gasteiger partial charge on any atom is -0.345 e. The molecule has 2 heteroatoms. The van der Waals surface area contributed by atoms with Crippen LogP contribution in [0, 0.1) is 20.8 Å². The van der Waals surface area contributed by atoms with Crippen LogP contribution in [0.4, 0.5) is 28.4 Å². The highest BCUT2D eigenvalue weighted by molar-refractivity contribution is 6.01. The molecule has 0 heterocycles. The highest BCUT2D eigenvalue weighted by Gasteiger charge is 2.38. The largest absolute Gasteiger partial charge is 0.345 e. The standard InChI is InChI=1S/C112H104N2/c1-11-13-15-17-24-87-68-105(88(25-18-16-14-12-2)67-104(87)81-40-36-79(37-41-81)95-61-55-92(64-74(95)4)113(10)93-56-63-103-100-30-21-22-31-107(100)111(6,7)110(103)72-93)82-42-38-80(39-43-82)96-62-57-94(65-75(96)5)114(90-51-44-77(45-52-90)83-26-23-27-86(66-83)106-69-89-50-58-97(89)98-28-19-20-29-99(98)106)91-53-46-78(47-54-91)85-49-60-102-101-59-48-84(76-34-32-73(3)33-35-76)70-108(101)112(8,9)109(102)71-85/h19-23,26-49,51-57,59-72H,11-18,24-25,50,58H2,1-10H3. The maximum absolute atomic E-state index is 2.59. The number of aryl methyl sites for hydroxylation is 7. The predicted molar refractivity (Wildman–Crippen MR) is 489 cm³/mol. The normalized spacial score (nSPS) is 13.2. The smallest absolute Gasteiger partial charge is 0.0464 e. The number of nitrogens with zero attached hydrogens (tertiary/aromatic N) is 2. The fourth-order valence-corrected chi connectivity index (χ4v) is 19.2. The van der Waals surface area contributed by atoms with Gasteiger partial charge in [0.2, 0.25) is 0 Å². The van der Waals surface area contributed by atoms with Gasteiger partial charge < -0.3 is 9.80 Å². The van der Waals surface area contributed by atoms with E-state index in [4.69, 9.17) is 0 Å². The summed E-state index contributed by atoms with van der Waals surface area (Å²) < 4.78 is 0. The van der Waals surface area contributed by atoms with Crippen molar-refractivity contribution in [1.29, 1.82) is 0 Å². The molecule has 0 unspecified atom stereocenters. The first-order chi connectivity index (χ1) is 55.6. The Morgan fingerprint density at radius 3 is 1.20 bits per heavy atom. The van der Waals surface area contributed by atoms with Gasteiger partial charge in [-0.3, -0.25) is 0 Å². The average molecular weight is 1480 g/mol. The van der Waals surface area contributed by atoms with Crippen LogP contribution in [-0.2, 0) is 36.5 Å². The van der Waals surface area contributed by atoms with Crippen molar-refractivity contribution in [2.75, 3.05) is 16.8 Å². The zero-order valence-electron chi connectivity index (χ0n) is 68.2. The van der Waals surface area contributed by atoms with Crippen molar-refractivity contribution in [1.82, 2.24) is 0 Å². The van der Waals surface area contributed by atoms with Crippen LogP contribution in [0.1, 0.15) is 154 Å². The number of rotatable bonds is 23. The molecule has 3 aliphatic rings. The first-order valence-electron chi connectivity index (χ1n) is 42.1. The molecule has 0 fully saturated rings. The van der Waals surface area contributed by atoms with Crippen molar-refractivity contribution < 1.29 is 0 Å². The molecule has 562 valence electrons. The number of fused-ring (bicyclic) bond motifs is 9. The maximum Gasteiger partial charge on any atom is 0.0464 e. The topological polar surface area (TPSA) is 6.48 Å². The summed E-state index contributed by atoms with van der Waals surface area (Å²) in [7, 11) is 2.21. The molecule has 2 nitrogen and oxygen atoms in total. The lowest BCUT2D eigenvalue weighted by Crippen LogP contribution is -2.16. The van der Waals surface area contributed by atoms with Gasteiger partial charge >= 0.3 is 0 Å². The summed E-state index contributed by atoms with van der Waals surface area (Å²) in [6, 6.07) is 117. The van der Waals surface area contributed by atoms with E-state index in [1.807, 2.05) is 0 Å². The van der Waals surface area contributed by atoms with Crippen molar-refractivity contribution in [3.05, 3.63) is 365 Å². The van der Waals surface area contributed by atoms with Gasteiger partial charge in [-0.1, -0.05) is 310 Å². The highest BCUT2D eigenvalue weighted by atomic mass is 15.1. The fourth-order valence-electron chi connectivity index (χ4n) is 19.2. The Kier molecular flexibility index (Phi) is 19.8. The van der Waals surface area contributed by atoms with E-state index in [-0.39, 0.29) is 10.8 Å². The lowest BCUT2D eigenvalue weighted by Gasteiger charge is -2.27. The van der Waals surface area contributed by atoms with Crippen molar-refractivity contribution >= 4 is 39.2 Å². The van der Waals surface area contributed by atoms with Crippen LogP contribution in [-0.4, -0.2) is 7.05 Å². The Morgan fingerprint density at radius 1 is 0.272 bits per heavy atom.